The van der Waals surface area contributed by atoms with Crippen LogP contribution in [0.15, 0.2) is 71.6 Å². The lowest BCUT2D eigenvalue weighted by Crippen LogP contribution is -2.08. The van der Waals surface area contributed by atoms with E-state index in [4.69, 9.17) is 52.2 Å². The molecule has 3 aromatic carbocycles. The molecule has 41 heavy (non-hydrogen) atoms. The Morgan fingerprint density at radius 1 is 0.732 bits per heavy atom. The van der Waals surface area contributed by atoms with Gasteiger partial charge in [-0.15, -0.1) is 3.89 Å². The van der Waals surface area contributed by atoms with E-state index in [1.54, 1.807) is 24.3 Å². The fourth-order valence-corrected chi connectivity index (χ4v) is 4.76. The zero-order valence-electron chi connectivity index (χ0n) is 21.2. The third kappa shape index (κ3) is 10.2. The van der Waals surface area contributed by atoms with Crippen LogP contribution in [0.5, 0.6) is 0 Å². The number of anilines is 2. The van der Waals surface area contributed by atoms with Crippen LogP contribution >= 0.6 is 23.2 Å². The molecule has 1 aromatic heterocycles. The molecule has 0 unspecified atom stereocenters. The van der Waals surface area contributed by atoms with Gasteiger partial charge in [0.15, 0.2) is 0 Å². The number of aromatic nitrogens is 2. The number of hydrogen-bond donors (Lipinski definition) is 4. The summed E-state index contributed by atoms with van der Waals surface area (Å²) in [6.45, 7) is 0. The van der Waals surface area contributed by atoms with Gasteiger partial charge in [-0.05, 0) is 72.2 Å². The van der Waals surface area contributed by atoms with Crippen LogP contribution in [0.3, 0.4) is 0 Å². The molecule has 6 N–H and O–H groups in total. The summed E-state index contributed by atoms with van der Waals surface area (Å²) in [5.41, 5.74) is 17.4. The maximum absolute atomic E-state index is 13.1. The summed E-state index contributed by atoms with van der Waals surface area (Å²) < 4.78 is 66.7. The Hall–Kier alpha value is -3.33. The van der Waals surface area contributed by atoms with E-state index in [2.05, 4.69) is 16.0 Å². The molecule has 0 atom stereocenters. The highest BCUT2D eigenvalue weighted by atomic mass is 35.5. The van der Waals surface area contributed by atoms with Crippen molar-refractivity contribution in [2.24, 2.45) is 0 Å². The fraction of sp³-hybridized carbons (Fsp3) is 0.154. The molecule has 0 saturated carbocycles. The van der Waals surface area contributed by atoms with E-state index >= 15 is 0 Å². The smallest absolute Gasteiger partial charge is 0.383 e. The van der Waals surface area contributed by atoms with Crippen molar-refractivity contribution >= 4 is 55.6 Å². The highest BCUT2D eigenvalue weighted by molar-refractivity contribution is 7.86. The Morgan fingerprint density at radius 2 is 1.29 bits per heavy atom. The first-order valence-corrected chi connectivity index (χ1v) is 15.3. The van der Waals surface area contributed by atoms with Crippen molar-refractivity contribution < 1.29 is 29.8 Å². The van der Waals surface area contributed by atoms with Crippen LogP contribution in [-0.4, -0.2) is 35.9 Å². The third-order valence-electron chi connectivity index (χ3n) is 5.79. The second-order valence-electron chi connectivity index (χ2n) is 8.77. The van der Waals surface area contributed by atoms with Crippen LogP contribution in [-0.2, 0) is 46.3 Å². The van der Waals surface area contributed by atoms with Crippen LogP contribution in [0.1, 0.15) is 22.4 Å². The van der Waals surface area contributed by atoms with Crippen molar-refractivity contribution in [1.82, 2.24) is 9.97 Å². The number of aryl methyl sites for hydroxylation is 4. The largest absolute Gasteiger partial charge is 0.394 e. The summed E-state index contributed by atoms with van der Waals surface area (Å²) in [5.74, 6) is 0.378. The van der Waals surface area contributed by atoms with Crippen molar-refractivity contribution in [3.63, 3.8) is 0 Å². The van der Waals surface area contributed by atoms with Gasteiger partial charge in [0.1, 0.15) is 5.82 Å². The summed E-state index contributed by atoms with van der Waals surface area (Å²) >= 11 is 12.3. The van der Waals surface area contributed by atoms with Gasteiger partial charge in [-0.3, -0.25) is 9.11 Å². The maximum Gasteiger partial charge on any atom is 0.394 e. The first-order chi connectivity index (χ1) is 19.1. The molecule has 0 bridgehead atoms. The molecule has 0 radical (unpaired) electrons. The molecule has 0 amide bonds. The van der Waals surface area contributed by atoms with Gasteiger partial charge in [0.25, 0.3) is 0 Å². The Bertz CT molecular complexity index is 1750. The zero-order valence-corrected chi connectivity index (χ0v) is 24.4. The molecule has 218 valence electrons. The summed E-state index contributed by atoms with van der Waals surface area (Å²) in [6, 6.07) is 19.3. The molecule has 1 heterocycles. The molecule has 10 nitrogen and oxygen atoms in total. The van der Waals surface area contributed by atoms with E-state index in [-0.39, 0.29) is 16.7 Å². The highest BCUT2D eigenvalue weighted by Gasteiger charge is 2.15. The first-order valence-electron chi connectivity index (χ1n) is 11.8. The minimum absolute atomic E-state index is 0.103. The topological polar surface area (TPSA) is 187 Å². The number of nitrogens with zero attached hydrogens (tertiary/aromatic N) is 2. The lowest BCUT2D eigenvalue weighted by molar-refractivity contribution is 0.381. The van der Waals surface area contributed by atoms with Gasteiger partial charge < -0.3 is 11.5 Å². The van der Waals surface area contributed by atoms with Crippen molar-refractivity contribution in [2.75, 3.05) is 11.5 Å². The van der Waals surface area contributed by atoms with E-state index in [0.717, 1.165) is 28.7 Å². The summed E-state index contributed by atoms with van der Waals surface area (Å²) in [4.78, 5) is 8.23. The number of nitrogens with two attached hydrogens (primary N) is 2. The number of rotatable bonds is 8. The van der Waals surface area contributed by atoms with Crippen LogP contribution in [0, 0.1) is 0 Å². The van der Waals surface area contributed by atoms with E-state index in [1.165, 1.54) is 12.1 Å². The Morgan fingerprint density at radius 3 is 1.85 bits per heavy atom. The van der Waals surface area contributed by atoms with Gasteiger partial charge in [0, 0.05) is 5.56 Å². The van der Waals surface area contributed by atoms with E-state index in [9.17, 15) is 12.3 Å². The van der Waals surface area contributed by atoms with Crippen LogP contribution in [0.25, 0.3) is 11.1 Å². The predicted octanol–water partition coefficient (Wildman–Crippen LogP) is 5.19. The minimum atomic E-state index is -4.69. The minimum Gasteiger partial charge on any atom is -0.383 e. The van der Waals surface area contributed by atoms with Gasteiger partial charge in [0.2, 0.25) is 5.95 Å². The molecule has 4 aromatic rings. The number of benzene rings is 3. The zero-order chi connectivity index (χ0) is 30.4. The van der Waals surface area contributed by atoms with Gasteiger partial charge in [0.05, 0.1) is 20.6 Å². The summed E-state index contributed by atoms with van der Waals surface area (Å²) in [6.07, 6.45) is 2.71. The van der Waals surface area contributed by atoms with E-state index in [0.29, 0.717) is 40.6 Å². The van der Waals surface area contributed by atoms with Gasteiger partial charge in [-0.1, -0.05) is 65.7 Å². The molecule has 0 aliphatic carbocycles. The third-order valence-corrected chi connectivity index (χ3v) is 7.36. The first kappa shape index (κ1) is 32.2. The van der Waals surface area contributed by atoms with Crippen molar-refractivity contribution in [3.8, 4) is 11.1 Å². The van der Waals surface area contributed by atoms with Crippen molar-refractivity contribution in [1.29, 1.82) is 0 Å². The number of halogens is 3. The maximum atomic E-state index is 13.1. The lowest BCUT2D eigenvalue weighted by atomic mass is 9.97. The predicted molar refractivity (Wildman–Crippen MR) is 156 cm³/mol. The van der Waals surface area contributed by atoms with Gasteiger partial charge >= 0.3 is 20.6 Å². The van der Waals surface area contributed by atoms with Gasteiger partial charge in [-0.2, -0.15) is 21.8 Å². The normalized spacial score (nSPS) is 11.5. The molecule has 15 heteroatoms. The molecule has 0 saturated heterocycles. The molecular formula is C26H25Cl2FN4O6S2. The molecule has 0 aliphatic heterocycles. The molecule has 0 fully saturated rings. The van der Waals surface area contributed by atoms with Crippen molar-refractivity contribution in [2.45, 2.75) is 30.6 Å². The Labute approximate surface area is 247 Å². The molecule has 0 aliphatic rings. The SMILES string of the molecule is Nc1nc(N)c(-c2ccc(Cl)c(Cl)c2)c(CCc2cccc(CCc3ccc(S(=O)(=O)F)cc3)c2)n1.O=S(=O)(O)O. The van der Waals surface area contributed by atoms with Crippen LogP contribution < -0.4 is 11.5 Å². The monoisotopic (exact) mass is 642 g/mol. The summed E-state index contributed by atoms with van der Waals surface area (Å²) in [5, 5.41) is 0.849. The molecule has 4 rings (SSSR count). The molecule has 0 spiro atoms. The lowest BCUT2D eigenvalue weighted by Gasteiger charge is -2.13. The standard InChI is InChI=1S/C26H23Cl2FN4O2S.H2O4S/c27-21-12-9-19(15-22(21)28)24-23(32-26(31)33-25(24)30)13-8-18-3-1-2-17(14-18)5-4-16-6-10-20(11-7-16)36(29,34)35;1-5(2,3)4/h1-3,6-7,9-12,14-15H,4-5,8,13H2,(H4,30,31,32,33);(H2,1,2,3,4). The van der Waals surface area contributed by atoms with Crippen molar-refractivity contribution in [3.05, 3.63) is 99.2 Å². The van der Waals surface area contributed by atoms with E-state index in [1.807, 2.05) is 24.3 Å². The van der Waals surface area contributed by atoms with E-state index < -0.39 is 20.6 Å². The second-order valence-corrected chi connectivity index (χ2v) is 11.8. The second kappa shape index (κ2) is 13.6. The fourth-order valence-electron chi connectivity index (χ4n) is 4.00. The number of hydrogen-bond acceptors (Lipinski definition) is 8. The van der Waals surface area contributed by atoms with Crippen LogP contribution in [0.4, 0.5) is 15.7 Å². The average molecular weight is 644 g/mol. The quantitative estimate of drug-likeness (QED) is 0.147. The number of nitrogen functional groups attached to an aromatic ring is 2. The highest BCUT2D eigenvalue weighted by Crippen LogP contribution is 2.33. The molecular weight excluding hydrogens is 618 g/mol. The Kier molecular flexibility index (Phi) is 10.6. The van der Waals surface area contributed by atoms with Gasteiger partial charge in [-0.25, -0.2) is 4.98 Å². The average Bonchev–Trinajstić information content (AvgIpc) is 2.87. The summed E-state index contributed by atoms with van der Waals surface area (Å²) in [7, 11) is -9.36. The Balaban J connectivity index is 0.000000850. The van der Waals surface area contributed by atoms with Crippen LogP contribution in [0.2, 0.25) is 10.0 Å².